The van der Waals surface area contributed by atoms with Crippen molar-refractivity contribution >= 4 is 40.0 Å². The molecule has 1 atom stereocenters. The number of aromatic nitrogens is 2. The number of hydrogen-bond acceptors (Lipinski definition) is 8. The zero-order valence-electron chi connectivity index (χ0n) is 15.5. The number of rotatable bonds is 5. The number of H-pyrrole nitrogens is 1. The topological polar surface area (TPSA) is 121 Å². The Morgan fingerprint density at radius 3 is 2.82 bits per heavy atom. The number of ether oxygens (including phenoxy) is 1. The minimum atomic E-state index is -0.614. The number of nitrogens with zero attached hydrogens (tertiary/aromatic N) is 1. The second-order valence-corrected chi connectivity index (χ2v) is 8.85. The zero-order chi connectivity index (χ0) is 20.3. The molecule has 3 N–H and O–H groups in total. The van der Waals surface area contributed by atoms with E-state index in [2.05, 4.69) is 15.3 Å². The van der Waals surface area contributed by atoms with Crippen molar-refractivity contribution in [2.75, 3.05) is 12.4 Å². The van der Waals surface area contributed by atoms with E-state index in [1.165, 1.54) is 18.4 Å². The fourth-order valence-corrected chi connectivity index (χ4v) is 5.15. The molecule has 0 aliphatic heterocycles. The summed E-state index contributed by atoms with van der Waals surface area (Å²) in [6.07, 6.45) is 4.87. The minimum Gasteiger partial charge on any atom is -0.493 e. The molecule has 1 aliphatic rings. The molecular weight excluding hydrogens is 402 g/mol. The van der Waals surface area contributed by atoms with Gasteiger partial charge >= 0.3 is 5.97 Å². The SMILES string of the molecule is COC(=O)c1c(NC(=O)C(C)Sc2nc(O)cc(=O)[nH]2)sc2c1CCCCC2. The third-order valence-electron chi connectivity index (χ3n) is 4.41. The van der Waals surface area contributed by atoms with Gasteiger partial charge in [0, 0.05) is 4.88 Å². The van der Waals surface area contributed by atoms with Crippen molar-refractivity contribution in [3.63, 3.8) is 0 Å². The Morgan fingerprint density at radius 1 is 1.36 bits per heavy atom. The van der Waals surface area contributed by atoms with Crippen LogP contribution in [0.4, 0.5) is 5.00 Å². The van der Waals surface area contributed by atoms with Gasteiger partial charge in [-0.1, -0.05) is 18.2 Å². The van der Waals surface area contributed by atoms with Crippen LogP contribution in [-0.2, 0) is 22.4 Å². The summed E-state index contributed by atoms with van der Waals surface area (Å²) in [6, 6.07) is 0.955. The largest absolute Gasteiger partial charge is 0.493 e. The van der Waals surface area contributed by atoms with E-state index < -0.39 is 22.7 Å². The van der Waals surface area contributed by atoms with Crippen LogP contribution >= 0.6 is 23.1 Å². The number of hydrogen-bond donors (Lipinski definition) is 3. The highest BCUT2D eigenvalue weighted by molar-refractivity contribution is 8.00. The van der Waals surface area contributed by atoms with Gasteiger partial charge in [0.15, 0.2) is 5.16 Å². The third-order valence-corrected chi connectivity index (χ3v) is 6.60. The maximum atomic E-state index is 12.7. The highest BCUT2D eigenvalue weighted by Gasteiger charge is 2.27. The van der Waals surface area contributed by atoms with Gasteiger partial charge in [-0.05, 0) is 38.2 Å². The molecule has 2 heterocycles. The van der Waals surface area contributed by atoms with Crippen molar-refractivity contribution in [1.29, 1.82) is 0 Å². The maximum Gasteiger partial charge on any atom is 0.341 e. The number of anilines is 1. The summed E-state index contributed by atoms with van der Waals surface area (Å²) in [6.45, 7) is 1.65. The van der Waals surface area contributed by atoms with E-state index in [0.717, 1.165) is 60.4 Å². The predicted octanol–water partition coefficient (Wildman–Crippen LogP) is 2.71. The van der Waals surface area contributed by atoms with E-state index >= 15 is 0 Å². The van der Waals surface area contributed by atoms with Crippen molar-refractivity contribution < 1.29 is 19.4 Å². The first-order chi connectivity index (χ1) is 13.4. The number of nitrogens with one attached hydrogen (secondary N) is 2. The summed E-state index contributed by atoms with van der Waals surface area (Å²) >= 11 is 2.43. The third kappa shape index (κ3) is 4.56. The van der Waals surface area contributed by atoms with Crippen LogP contribution in [0.1, 0.15) is 47.0 Å². The lowest BCUT2D eigenvalue weighted by atomic mass is 10.1. The number of aromatic amines is 1. The van der Waals surface area contributed by atoms with Crippen LogP contribution in [0.5, 0.6) is 5.88 Å². The van der Waals surface area contributed by atoms with Gasteiger partial charge in [-0.15, -0.1) is 11.3 Å². The smallest absolute Gasteiger partial charge is 0.341 e. The Balaban J connectivity index is 1.81. The molecule has 1 aliphatic carbocycles. The Morgan fingerprint density at radius 2 is 2.11 bits per heavy atom. The van der Waals surface area contributed by atoms with Crippen LogP contribution in [0.15, 0.2) is 16.0 Å². The second kappa shape index (κ2) is 8.78. The van der Waals surface area contributed by atoms with Crippen LogP contribution in [0.3, 0.4) is 0 Å². The number of amides is 1. The Hall–Kier alpha value is -2.33. The molecule has 0 aromatic carbocycles. The van der Waals surface area contributed by atoms with Gasteiger partial charge in [0.25, 0.3) is 5.56 Å². The van der Waals surface area contributed by atoms with Crippen molar-refractivity contribution in [3.05, 3.63) is 32.4 Å². The lowest BCUT2D eigenvalue weighted by molar-refractivity contribution is -0.115. The molecule has 150 valence electrons. The lowest BCUT2D eigenvalue weighted by Gasteiger charge is -2.12. The molecule has 10 heteroatoms. The normalized spacial score (nSPS) is 14.6. The molecule has 1 amide bonds. The van der Waals surface area contributed by atoms with Crippen molar-refractivity contribution in [2.24, 2.45) is 0 Å². The number of methoxy groups -OCH3 is 1. The van der Waals surface area contributed by atoms with Crippen LogP contribution in [-0.4, -0.2) is 39.3 Å². The van der Waals surface area contributed by atoms with Gasteiger partial charge in [-0.25, -0.2) is 4.79 Å². The minimum absolute atomic E-state index is 0.141. The number of aromatic hydroxyl groups is 1. The number of thioether (sulfide) groups is 1. The van der Waals surface area contributed by atoms with Gasteiger partial charge < -0.3 is 20.1 Å². The van der Waals surface area contributed by atoms with Crippen molar-refractivity contribution in [3.8, 4) is 5.88 Å². The number of esters is 1. The first-order valence-electron chi connectivity index (χ1n) is 8.89. The van der Waals surface area contributed by atoms with E-state index in [1.54, 1.807) is 6.92 Å². The predicted molar refractivity (Wildman–Crippen MR) is 107 cm³/mol. The highest BCUT2D eigenvalue weighted by Crippen LogP contribution is 2.38. The molecule has 0 bridgehead atoms. The average molecular weight is 424 g/mol. The number of aryl methyl sites for hydroxylation is 1. The summed E-state index contributed by atoms with van der Waals surface area (Å²) < 4.78 is 4.94. The monoisotopic (exact) mass is 423 g/mol. The molecule has 2 aromatic heterocycles. The van der Waals surface area contributed by atoms with E-state index in [-0.39, 0.29) is 11.1 Å². The van der Waals surface area contributed by atoms with E-state index in [0.29, 0.717) is 10.6 Å². The standard InChI is InChI=1S/C18H21N3O5S2/c1-9(27-18-19-12(22)8-13(23)20-18)15(24)21-16-14(17(25)26-2)10-6-4-3-5-7-11(10)28-16/h8-9H,3-7H2,1-2H3,(H,21,24)(H2,19,20,22,23). The van der Waals surface area contributed by atoms with Crippen LogP contribution in [0.25, 0.3) is 0 Å². The lowest BCUT2D eigenvalue weighted by Crippen LogP contribution is -2.24. The summed E-state index contributed by atoms with van der Waals surface area (Å²) in [5.74, 6) is -1.19. The summed E-state index contributed by atoms with van der Waals surface area (Å²) in [5.41, 5.74) is 0.917. The van der Waals surface area contributed by atoms with Gasteiger partial charge in [-0.2, -0.15) is 4.98 Å². The Bertz CT molecular complexity index is 953. The number of carbonyl (C=O) groups excluding carboxylic acids is 2. The van der Waals surface area contributed by atoms with E-state index in [1.807, 2.05) is 0 Å². The Kier molecular flexibility index (Phi) is 6.40. The molecule has 1 unspecified atom stereocenters. The molecule has 2 aromatic rings. The molecule has 0 saturated heterocycles. The molecule has 8 nitrogen and oxygen atoms in total. The maximum absolute atomic E-state index is 12.7. The molecule has 28 heavy (non-hydrogen) atoms. The summed E-state index contributed by atoms with van der Waals surface area (Å²) in [4.78, 5) is 43.8. The van der Waals surface area contributed by atoms with Gasteiger partial charge in [0.05, 0.1) is 24.0 Å². The van der Waals surface area contributed by atoms with Gasteiger partial charge in [0.1, 0.15) is 5.00 Å². The molecule has 0 saturated carbocycles. The number of fused-ring (bicyclic) bond motifs is 1. The molecule has 0 fully saturated rings. The van der Waals surface area contributed by atoms with Gasteiger partial charge in [-0.3, -0.25) is 9.59 Å². The zero-order valence-corrected chi connectivity index (χ0v) is 17.2. The molecule has 0 spiro atoms. The number of thiophene rings is 1. The Labute approximate surface area is 169 Å². The molecular formula is C18H21N3O5S2. The van der Waals surface area contributed by atoms with E-state index in [9.17, 15) is 19.5 Å². The highest BCUT2D eigenvalue weighted by atomic mass is 32.2. The quantitative estimate of drug-likeness (QED) is 0.293. The summed E-state index contributed by atoms with van der Waals surface area (Å²) in [7, 11) is 1.33. The fourth-order valence-electron chi connectivity index (χ4n) is 3.06. The molecule has 3 rings (SSSR count). The van der Waals surface area contributed by atoms with Gasteiger partial charge in [0.2, 0.25) is 11.8 Å². The van der Waals surface area contributed by atoms with Crippen LogP contribution in [0.2, 0.25) is 0 Å². The first kappa shape index (κ1) is 20.4. The van der Waals surface area contributed by atoms with Crippen molar-refractivity contribution in [2.45, 2.75) is 49.4 Å². The second-order valence-electron chi connectivity index (χ2n) is 6.42. The van der Waals surface area contributed by atoms with E-state index in [4.69, 9.17) is 4.74 Å². The average Bonchev–Trinajstić information content (AvgIpc) is 2.81. The van der Waals surface area contributed by atoms with Crippen molar-refractivity contribution in [1.82, 2.24) is 9.97 Å². The van der Waals surface area contributed by atoms with Crippen LogP contribution < -0.4 is 10.9 Å². The molecule has 0 radical (unpaired) electrons. The van der Waals surface area contributed by atoms with Crippen LogP contribution in [0, 0.1) is 0 Å². The summed E-state index contributed by atoms with van der Waals surface area (Å²) in [5, 5.41) is 12.3. The number of carbonyl (C=O) groups is 2. The fraction of sp³-hybridized carbons (Fsp3) is 0.444. The first-order valence-corrected chi connectivity index (χ1v) is 10.6.